The van der Waals surface area contributed by atoms with E-state index in [0.29, 0.717) is 22.6 Å². The van der Waals surface area contributed by atoms with Gasteiger partial charge in [-0.15, -0.1) is 10.2 Å². The first-order chi connectivity index (χ1) is 15.7. The van der Waals surface area contributed by atoms with Gasteiger partial charge in [-0.25, -0.2) is 0 Å². The smallest absolute Gasteiger partial charge is 0.248 e. The van der Waals surface area contributed by atoms with Crippen molar-refractivity contribution in [3.8, 4) is 17.1 Å². The second-order valence-corrected chi connectivity index (χ2v) is 8.38. The molecule has 1 amide bonds. The van der Waals surface area contributed by atoms with E-state index in [1.165, 1.54) is 11.8 Å². The number of hydrogen-bond donors (Lipinski definition) is 3. The van der Waals surface area contributed by atoms with Crippen LogP contribution < -0.4 is 16.2 Å². The minimum absolute atomic E-state index is 0.138. The molecule has 0 bridgehead atoms. The van der Waals surface area contributed by atoms with Crippen LogP contribution in [0.25, 0.3) is 17.1 Å². The van der Waals surface area contributed by atoms with Crippen LogP contribution in [0.4, 0.5) is 0 Å². The standard InChI is InChI=1S/C21H23N7O2S2/c29-18(24-26-20(31)23-13-17-9-5-11-30-17)14-32-21-27-25-19(15-6-4-10-22-12-15)28(21)16-7-2-1-3-8-16/h1-4,6-8,10,12,17H,5,9,11,13-14H2,(H,24,29)(H2,23,26,31). The van der Waals surface area contributed by atoms with Crippen LogP contribution in [0.1, 0.15) is 12.8 Å². The zero-order chi connectivity index (χ0) is 22.2. The molecule has 166 valence electrons. The number of nitrogens with one attached hydrogen (secondary N) is 3. The van der Waals surface area contributed by atoms with Gasteiger partial charge >= 0.3 is 0 Å². The van der Waals surface area contributed by atoms with Crippen molar-refractivity contribution in [2.24, 2.45) is 0 Å². The van der Waals surface area contributed by atoms with Crippen molar-refractivity contribution < 1.29 is 9.53 Å². The largest absolute Gasteiger partial charge is 0.376 e. The van der Waals surface area contributed by atoms with Gasteiger partial charge in [0.2, 0.25) is 5.91 Å². The molecule has 0 spiro atoms. The lowest BCUT2D eigenvalue weighted by atomic mass is 10.2. The Hall–Kier alpha value is -3.02. The van der Waals surface area contributed by atoms with Crippen molar-refractivity contribution in [2.45, 2.75) is 24.1 Å². The number of hydrogen-bond acceptors (Lipinski definition) is 7. The van der Waals surface area contributed by atoms with Gasteiger partial charge in [0.1, 0.15) is 0 Å². The third kappa shape index (κ3) is 5.81. The molecule has 3 aromatic rings. The molecule has 11 heteroatoms. The molecule has 1 aliphatic rings. The highest BCUT2D eigenvalue weighted by Gasteiger charge is 2.18. The second-order valence-electron chi connectivity index (χ2n) is 7.03. The van der Waals surface area contributed by atoms with Crippen molar-refractivity contribution in [2.75, 3.05) is 18.9 Å². The molecule has 1 atom stereocenters. The number of para-hydroxylation sites is 1. The molecule has 1 aromatic carbocycles. The van der Waals surface area contributed by atoms with Gasteiger partial charge in [-0.3, -0.25) is 25.2 Å². The number of carbonyl (C=O) groups is 1. The highest BCUT2D eigenvalue weighted by Crippen LogP contribution is 2.27. The monoisotopic (exact) mass is 469 g/mol. The molecular formula is C21H23N7O2S2. The molecular weight excluding hydrogens is 446 g/mol. The fourth-order valence-corrected chi connectivity index (χ4v) is 4.09. The molecule has 2 aromatic heterocycles. The summed E-state index contributed by atoms with van der Waals surface area (Å²) in [5, 5.41) is 12.6. The Morgan fingerprint density at radius 1 is 1.19 bits per heavy atom. The van der Waals surface area contributed by atoms with Crippen LogP contribution in [-0.2, 0) is 9.53 Å². The van der Waals surface area contributed by atoms with Crippen molar-refractivity contribution in [1.29, 1.82) is 0 Å². The molecule has 3 N–H and O–H groups in total. The SMILES string of the molecule is O=C(CSc1nnc(-c2cccnc2)n1-c1ccccc1)NNC(=S)NCC1CCCO1. The Kier molecular flexibility index (Phi) is 7.64. The maximum absolute atomic E-state index is 12.3. The molecule has 1 saturated heterocycles. The summed E-state index contributed by atoms with van der Waals surface area (Å²) >= 11 is 6.48. The van der Waals surface area contributed by atoms with Crippen molar-refractivity contribution in [1.82, 2.24) is 35.9 Å². The predicted molar refractivity (Wildman–Crippen MR) is 126 cm³/mol. The van der Waals surface area contributed by atoms with Gasteiger partial charge in [0.15, 0.2) is 16.1 Å². The molecule has 1 unspecified atom stereocenters. The summed E-state index contributed by atoms with van der Waals surface area (Å²) < 4.78 is 7.45. The molecule has 9 nitrogen and oxygen atoms in total. The third-order valence-corrected chi connectivity index (χ3v) is 5.90. The van der Waals surface area contributed by atoms with E-state index < -0.39 is 0 Å². The highest BCUT2D eigenvalue weighted by molar-refractivity contribution is 7.99. The number of ether oxygens (including phenoxy) is 1. The fraction of sp³-hybridized carbons (Fsp3) is 0.286. The average molecular weight is 470 g/mol. The van der Waals surface area contributed by atoms with Gasteiger partial charge in [-0.05, 0) is 49.3 Å². The van der Waals surface area contributed by atoms with Crippen LogP contribution in [0.15, 0.2) is 60.0 Å². The van der Waals surface area contributed by atoms with Gasteiger partial charge in [0, 0.05) is 36.8 Å². The number of nitrogens with zero attached hydrogens (tertiary/aromatic N) is 4. The number of hydrazine groups is 1. The van der Waals surface area contributed by atoms with Gasteiger partial charge in [0.05, 0.1) is 11.9 Å². The van der Waals surface area contributed by atoms with Crippen LogP contribution in [0.2, 0.25) is 0 Å². The van der Waals surface area contributed by atoms with Gasteiger partial charge < -0.3 is 10.1 Å². The molecule has 4 rings (SSSR count). The highest BCUT2D eigenvalue weighted by atomic mass is 32.2. The maximum Gasteiger partial charge on any atom is 0.248 e. The van der Waals surface area contributed by atoms with Crippen LogP contribution in [-0.4, -0.2) is 55.8 Å². The molecule has 0 radical (unpaired) electrons. The summed E-state index contributed by atoms with van der Waals surface area (Å²) in [6.07, 6.45) is 5.69. The fourth-order valence-electron chi connectivity index (χ4n) is 3.20. The summed E-state index contributed by atoms with van der Waals surface area (Å²) in [6.45, 7) is 1.41. The second kappa shape index (κ2) is 11.0. The molecule has 0 saturated carbocycles. The number of carbonyl (C=O) groups excluding carboxylic acids is 1. The molecule has 32 heavy (non-hydrogen) atoms. The lowest BCUT2D eigenvalue weighted by Gasteiger charge is -2.14. The topological polar surface area (TPSA) is 106 Å². The van der Waals surface area contributed by atoms with E-state index in [0.717, 1.165) is 30.7 Å². The Morgan fingerprint density at radius 3 is 2.81 bits per heavy atom. The van der Waals surface area contributed by atoms with Gasteiger partial charge in [-0.2, -0.15) is 0 Å². The van der Waals surface area contributed by atoms with Crippen molar-refractivity contribution in [3.63, 3.8) is 0 Å². The summed E-state index contributed by atoms with van der Waals surface area (Å²) in [5.41, 5.74) is 7.06. The zero-order valence-electron chi connectivity index (χ0n) is 17.2. The Labute approximate surface area is 195 Å². The molecule has 0 aliphatic carbocycles. The Bertz CT molecular complexity index is 1040. The van der Waals surface area contributed by atoms with Crippen molar-refractivity contribution >= 4 is 35.0 Å². The molecule has 1 aliphatic heterocycles. The quantitative estimate of drug-likeness (QED) is 0.272. The molecule has 1 fully saturated rings. The lowest BCUT2D eigenvalue weighted by molar-refractivity contribution is -0.119. The number of rotatable bonds is 7. The maximum atomic E-state index is 12.3. The zero-order valence-corrected chi connectivity index (χ0v) is 18.9. The first-order valence-electron chi connectivity index (χ1n) is 10.2. The Balaban J connectivity index is 1.36. The predicted octanol–water partition coefficient (Wildman–Crippen LogP) is 2.10. The van der Waals surface area contributed by atoms with Crippen LogP contribution in [0.5, 0.6) is 0 Å². The summed E-state index contributed by atoms with van der Waals surface area (Å²) in [4.78, 5) is 16.5. The summed E-state index contributed by atoms with van der Waals surface area (Å²) in [7, 11) is 0. The minimum Gasteiger partial charge on any atom is -0.376 e. The van der Waals surface area contributed by atoms with Crippen LogP contribution >= 0.6 is 24.0 Å². The average Bonchev–Trinajstić information content (AvgIpc) is 3.51. The van der Waals surface area contributed by atoms with E-state index in [4.69, 9.17) is 17.0 Å². The summed E-state index contributed by atoms with van der Waals surface area (Å²) in [6, 6.07) is 13.5. The van der Waals surface area contributed by atoms with E-state index in [-0.39, 0.29) is 17.8 Å². The van der Waals surface area contributed by atoms with E-state index in [1.807, 2.05) is 47.0 Å². The van der Waals surface area contributed by atoms with Gasteiger partial charge in [-0.1, -0.05) is 30.0 Å². The lowest BCUT2D eigenvalue weighted by Crippen LogP contribution is -2.48. The third-order valence-electron chi connectivity index (χ3n) is 4.73. The minimum atomic E-state index is -0.234. The first kappa shape index (κ1) is 22.2. The van der Waals surface area contributed by atoms with E-state index in [9.17, 15) is 4.79 Å². The van der Waals surface area contributed by atoms with E-state index in [1.54, 1.807) is 12.4 Å². The van der Waals surface area contributed by atoms with Crippen molar-refractivity contribution in [3.05, 3.63) is 54.9 Å². The number of aromatic nitrogens is 4. The Morgan fingerprint density at radius 2 is 2.06 bits per heavy atom. The number of thioether (sulfide) groups is 1. The van der Waals surface area contributed by atoms with Gasteiger partial charge in [0.25, 0.3) is 0 Å². The molecule has 3 heterocycles. The number of pyridine rings is 1. The number of thiocarbonyl (C=S) groups is 1. The first-order valence-corrected chi connectivity index (χ1v) is 11.6. The van der Waals surface area contributed by atoms with Crippen LogP contribution in [0, 0.1) is 0 Å². The summed E-state index contributed by atoms with van der Waals surface area (Å²) in [5.74, 6) is 0.561. The normalized spacial score (nSPS) is 15.3. The van der Waals surface area contributed by atoms with Crippen LogP contribution in [0.3, 0.4) is 0 Å². The number of amides is 1. The number of benzene rings is 1. The van der Waals surface area contributed by atoms with E-state index >= 15 is 0 Å². The van der Waals surface area contributed by atoms with E-state index in [2.05, 4.69) is 31.3 Å².